The van der Waals surface area contributed by atoms with Crippen LogP contribution < -0.4 is 5.32 Å². The molecule has 0 radical (unpaired) electrons. The van der Waals surface area contributed by atoms with Gasteiger partial charge in [-0.25, -0.2) is 0 Å². The lowest BCUT2D eigenvalue weighted by Gasteiger charge is -2.39. The summed E-state index contributed by atoms with van der Waals surface area (Å²) in [6.45, 7) is 2.60. The zero-order valence-electron chi connectivity index (χ0n) is 9.35. The third kappa shape index (κ3) is 1.82. The Balaban J connectivity index is 2.27. The monoisotopic (exact) mass is 216 g/mol. The maximum absolute atomic E-state index is 10.2. The highest BCUT2D eigenvalue weighted by Gasteiger charge is 2.42. The summed E-state index contributed by atoms with van der Waals surface area (Å²) in [4.78, 5) is 0. The summed E-state index contributed by atoms with van der Waals surface area (Å²) in [6, 6.07) is 12.1. The van der Waals surface area contributed by atoms with Crippen LogP contribution in [0.1, 0.15) is 24.9 Å². The van der Waals surface area contributed by atoms with E-state index < -0.39 is 5.60 Å². The number of nitrogens with zero attached hydrogens (tertiary/aromatic N) is 1. The van der Waals surface area contributed by atoms with Crippen molar-refractivity contribution in [2.24, 2.45) is 5.92 Å². The molecule has 1 saturated heterocycles. The molecule has 0 bridgehead atoms. The Morgan fingerprint density at radius 1 is 1.44 bits per heavy atom. The number of rotatable bonds is 1. The van der Waals surface area contributed by atoms with Gasteiger partial charge in [0.05, 0.1) is 6.07 Å². The zero-order chi connectivity index (χ0) is 11.6. The van der Waals surface area contributed by atoms with E-state index in [0.29, 0.717) is 13.0 Å². The summed E-state index contributed by atoms with van der Waals surface area (Å²) in [7, 11) is 0. The SMILES string of the molecule is C[C@@H]1[C@H](c2ccccc2)NCC[C@@]1(O)C#N. The van der Waals surface area contributed by atoms with Gasteiger partial charge < -0.3 is 10.4 Å². The molecule has 0 spiro atoms. The fraction of sp³-hybridized carbons (Fsp3) is 0.462. The summed E-state index contributed by atoms with van der Waals surface area (Å²) < 4.78 is 0. The Hall–Kier alpha value is -1.37. The molecule has 2 rings (SSSR count). The number of hydrogen-bond donors (Lipinski definition) is 2. The van der Waals surface area contributed by atoms with E-state index in [1.165, 1.54) is 0 Å². The van der Waals surface area contributed by atoms with E-state index in [1.807, 2.05) is 43.3 Å². The van der Waals surface area contributed by atoms with Crippen LogP contribution in [0.2, 0.25) is 0 Å². The summed E-state index contributed by atoms with van der Waals surface area (Å²) in [5, 5.41) is 22.6. The van der Waals surface area contributed by atoms with Crippen LogP contribution in [0.3, 0.4) is 0 Å². The van der Waals surface area contributed by atoms with Crippen molar-refractivity contribution in [1.29, 1.82) is 5.26 Å². The molecule has 1 heterocycles. The Labute approximate surface area is 95.7 Å². The maximum Gasteiger partial charge on any atom is 0.156 e. The molecule has 3 atom stereocenters. The molecule has 84 valence electrons. The van der Waals surface area contributed by atoms with Gasteiger partial charge in [0, 0.05) is 18.4 Å². The van der Waals surface area contributed by atoms with Crippen molar-refractivity contribution in [2.75, 3.05) is 6.54 Å². The Morgan fingerprint density at radius 2 is 2.12 bits per heavy atom. The molecule has 3 heteroatoms. The predicted molar refractivity (Wildman–Crippen MR) is 61.5 cm³/mol. The number of benzene rings is 1. The van der Waals surface area contributed by atoms with Crippen molar-refractivity contribution in [3.8, 4) is 6.07 Å². The average molecular weight is 216 g/mol. The number of piperidine rings is 1. The maximum atomic E-state index is 10.2. The molecule has 1 aliphatic heterocycles. The Bertz CT molecular complexity index is 398. The molecule has 0 amide bonds. The first-order valence-corrected chi connectivity index (χ1v) is 5.59. The second-order valence-corrected chi connectivity index (χ2v) is 4.42. The molecule has 0 unspecified atom stereocenters. The van der Waals surface area contributed by atoms with Crippen molar-refractivity contribution in [3.05, 3.63) is 35.9 Å². The topological polar surface area (TPSA) is 56.0 Å². The molecule has 2 N–H and O–H groups in total. The van der Waals surface area contributed by atoms with E-state index in [0.717, 1.165) is 5.56 Å². The standard InChI is InChI=1S/C13H16N2O/c1-10-12(11-5-3-2-4-6-11)15-8-7-13(10,16)9-14/h2-6,10,12,15-16H,7-8H2,1H3/t10-,12-,13-/m1/s1. The highest BCUT2D eigenvalue weighted by Crippen LogP contribution is 2.35. The van der Waals surface area contributed by atoms with Crippen molar-refractivity contribution in [3.63, 3.8) is 0 Å². The molecule has 3 nitrogen and oxygen atoms in total. The first-order valence-electron chi connectivity index (χ1n) is 5.59. The van der Waals surface area contributed by atoms with Crippen LogP contribution in [0.25, 0.3) is 0 Å². The highest BCUT2D eigenvalue weighted by atomic mass is 16.3. The second-order valence-electron chi connectivity index (χ2n) is 4.42. The number of aliphatic hydroxyl groups is 1. The molecular formula is C13H16N2O. The minimum atomic E-state index is -1.20. The number of hydrogen-bond acceptors (Lipinski definition) is 3. The minimum absolute atomic E-state index is 0.0552. The van der Waals surface area contributed by atoms with Gasteiger partial charge in [-0.15, -0.1) is 0 Å². The van der Waals surface area contributed by atoms with Crippen LogP contribution in [0.15, 0.2) is 30.3 Å². The molecule has 1 fully saturated rings. The summed E-state index contributed by atoms with van der Waals surface area (Å²) in [5.74, 6) is -0.103. The normalized spacial score (nSPS) is 34.3. The fourth-order valence-corrected chi connectivity index (χ4v) is 2.32. The minimum Gasteiger partial charge on any atom is -0.375 e. The van der Waals surface area contributed by atoms with Crippen LogP contribution >= 0.6 is 0 Å². The predicted octanol–water partition coefficient (Wildman–Crippen LogP) is 1.61. The molecule has 1 aromatic carbocycles. The van der Waals surface area contributed by atoms with Crippen LogP contribution in [0.4, 0.5) is 0 Å². The van der Waals surface area contributed by atoms with E-state index in [4.69, 9.17) is 5.26 Å². The van der Waals surface area contributed by atoms with Crippen LogP contribution in [-0.2, 0) is 0 Å². The third-order valence-corrected chi connectivity index (χ3v) is 3.48. The molecule has 1 aliphatic rings. The second kappa shape index (κ2) is 4.25. The first kappa shape index (κ1) is 11.1. The lowest BCUT2D eigenvalue weighted by atomic mass is 9.76. The zero-order valence-corrected chi connectivity index (χ0v) is 9.35. The summed E-state index contributed by atoms with van der Waals surface area (Å²) in [6.07, 6.45) is 0.494. The van der Waals surface area contributed by atoms with Gasteiger partial charge in [0.1, 0.15) is 0 Å². The van der Waals surface area contributed by atoms with Crippen LogP contribution in [0.5, 0.6) is 0 Å². The quantitative estimate of drug-likeness (QED) is 0.701. The van der Waals surface area contributed by atoms with E-state index >= 15 is 0 Å². The van der Waals surface area contributed by atoms with Crippen molar-refractivity contribution >= 4 is 0 Å². The number of nitriles is 1. The van der Waals surface area contributed by atoms with Gasteiger partial charge in [0.2, 0.25) is 0 Å². The van der Waals surface area contributed by atoms with Gasteiger partial charge in [-0.05, 0) is 12.1 Å². The molecule has 0 aromatic heterocycles. The van der Waals surface area contributed by atoms with Crippen molar-refractivity contribution < 1.29 is 5.11 Å². The Morgan fingerprint density at radius 3 is 2.75 bits per heavy atom. The van der Waals surface area contributed by atoms with Crippen molar-refractivity contribution in [1.82, 2.24) is 5.32 Å². The first-order chi connectivity index (χ1) is 7.67. The summed E-state index contributed by atoms with van der Waals surface area (Å²) in [5.41, 5.74) is -0.0745. The third-order valence-electron chi connectivity index (χ3n) is 3.48. The van der Waals surface area contributed by atoms with Crippen LogP contribution in [-0.4, -0.2) is 17.3 Å². The average Bonchev–Trinajstić information content (AvgIpc) is 2.34. The van der Waals surface area contributed by atoms with Gasteiger partial charge in [-0.1, -0.05) is 37.3 Å². The summed E-state index contributed by atoms with van der Waals surface area (Å²) >= 11 is 0. The van der Waals surface area contributed by atoms with E-state index in [2.05, 4.69) is 5.32 Å². The molecular weight excluding hydrogens is 200 g/mol. The van der Waals surface area contributed by atoms with Gasteiger partial charge in [0.25, 0.3) is 0 Å². The number of nitrogens with one attached hydrogen (secondary N) is 1. The lowest BCUT2D eigenvalue weighted by Crippen LogP contribution is -2.49. The molecule has 0 saturated carbocycles. The Kier molecular flexibility index (Phi) is 2.95. The molecule has 16 heavy (non-hydrogen) atoms. The van der Waals surface area contributed by atoms with E-state index in [9.17, 15) is 5.11 Å². The smallest absolute Gasteiger partial charge is 0.156 e. The lowest BCUT2D eigenvalue weighted by molar-refractivity contribution is -0.00372. The van der Waals surface area contributed by atoms with Gasteiger partial charge in [-0.3, -0.25) is 0 Å². The largest absolute Gasteiger partial charge is 0.375 e. The molecule has 1 aromatic rings. The van der Waals surface area contributed by atoms with Gasteiger partial charge in [0.15, 0.2) is 5.60 Å². The van der Waals surface area contributed by atoms with E-state index in [1.54, 1.807) is 0 Å². The van der Waals surface area contributed by atoms with Crippen LogP contribution in [0, 0.1) is 17.2 Å². The van der Waals surface area contributed by atoms with Crippen molar-refractivity contribution in [2.45, 2.75) is 25.0 Å². The van der Waals surface area contributed by atoms with E-state index in [-0.39, 0.29) is 12.0 Å². The fourth-order valence-electron chi connectivity index (χ4n) is 2.32. The molecule has 0 aliphatic carbocycles. The highest BCUT2D eigenvalue weighted by molar-refractivity contribution is 5.23. The van der Waals surface area contributed by atoms with Gasteiger partial charge >= 0.3 is 0 Å². The van der Waals surface area contributed by atoms with Gasteiger partial charge in [-0.2, -0.15) is 5.26 Å².